The first-order chi connectivity index (χ1) is 17.1. The average molecular weight is 490 g/mol. The Morgan fingerprint density at radius 2 is 1.11 bits per heavy atom. The standard InChI is InChI=1S/C22H18N8O6/c23-17-5-15(7-19(9-17)29(33)34)21(31)27-25-11-13-3-1-2-4-14(13)12-26-28-22(32)16-6-18(24)10-20(8-16)30(35)36/h1-12H,23-24H2,(H,27,31)(H,28,32)/b25-11-,26-12+. The van der Waals surface area contributed by atoms with Crippen molar-refractivity contribution in [3.05, 3.63) is 103 Å². The van der Waals surface area contributed by atoms with Gasteiger partial charge in [0.05, 0.1) is 33.4 Å². The van der Waals surface area contributed by atoms with E-state index in [-0.39, 0.29) is 33.9 Å². The lowest BCUT2D eigenvalue weighted by atomic mass is 10.1. The maximum absolute atomic E-state index is 12.3. The zero-order chi connectivity index (χ0) is 26.2. The van der Waals surface area contributed by atoms with Crippen molar-refractivity contribution in [2.45, 2.75) is 0 Å². The minimum atomic E-state index is -0.712. The van der Waals surface area contributed by atoms with Gasteiger partial charge in [0, 0.05) is 46.8 Å². The van der Waals surface area contributed by atoms with Crippen LogP contribution in [0.15, 0.2) is 70.9 Å². The van der Waals surface area contributed by atoms with Crippen molar-refractivity contribution in [3.63, 3.8) is 0 Å². The number of nitrogens with one attached hydrogen (secondary N) is 2. The smallest absolute Gasteiger partial charge is 0.272 e. The van der Waals surface area contributed by atoms with Gasteiger partial charge < -0.3 is 11.5 Å². The third kappa shape index (κ3) is 6.44. The van der Waals surface area contributed by atoms with Crippen LogP contribution in [0, 0.1) is 20.2 Å². The molecule has 0 spiro atoms. The van der Waals surface area contributed by atoms with Crippen LogP contribution in [0.5, 0.6) is 0 Å². The van der Waals surface area contributed by atoms with E-state index in [4.69, 9.17) is 11.5 Å². The van der Waals surface area contributed by atoms with Crippen LogP contribution >= 0.6 is 0 Å². The maximum Gasteiger partial charge on any atom is 0.272 e. The molecule has 3 aromatic carbocycles. The van der Waals surface area contributed by atoms with Gasteiger partial charge in [0.1, 0.15) is 0 Å². The van der Waals surface area contributed by atoms with Gasteiger partial charge in [0.2, 0.25) is 0 Å². The summed E-state index contributed by atoms with van der Waals surface area (Å²) in [4.78, 5) is 45.1. The molecule has 0 saturated heterocycles. The van der Waals surface area contributed by atoms with Gasteiger partial charge in [0.15, 0.2) is 0 Å². The molecule has 3 rings (SSSR count). The monoisotopic (exact) mass is 490 g/mol. The van der Waals surface area contributed by atoms with Crippen molar-refractivity contribution in [1.82, 2.24) is 10.9 Å². The Bertz CT molecular complexity index is 1310. The van der Waals surface area contributed by atoms with E-state index in [1.54, 1.807) is 24.3 Å². The summed E-state index contributed by atoms with van der Waals surface area (Å²) in [5.74, 6) is -1.42. The highest BCUT2D eigenvalue weighted by atomic mass is 16.6. The first kappa shape index (κ1) is 25.0. The quantitative estimate of drug-likeness (QED) is 0.158. The minimum absolute atomic E-state index is 0.0433. The molecular weight excluding hydrogens is 472 g/mol. The maximum atomic E-state index is 12.3. The van der Waals surface area contributed by atoms with E-state index in [0.717, 1.165) is 24.3 Å². The van der Waals surface area contributed by atoms with Gasteiger partial charge in [-0.3, -0.25) is 29.8 Å². The number of benzene rings is 3. The fourth-order valence-corrected chi connectivity index (χ4v) is 2.94. The fraction of sp³-hybridized carbons (Fsp3) is 0. The average Bonchev–Trinajstić information content (AvgIpc) is 2.83. The second kappa shape index (κ2) is 11.0. The van der Waals surface area contributed by atoms with Crippen molar-refractivity contribution >= 4 is 47.0 Å². The normalized spacial score (nSPS) is 10.9. The van der Waals surface area contributed by atoms with Crippen molar-refractivity contribution < 1.29 is 19.4 Å². The number of non-ortho nitro benzene ring substituents is 2. The van der Waals surface area contributed by atoms with Gasteiger partial charge in [-0.05, 0) is 12.1 Å². The summed E-state index contributed by atoms with van der Waals surface area (Å²) in [5.41, 5.74) is 16.1. The Hall–Kier alpha value is -5.66. The molecule has 182 valence electrons. The summed E-state index contributed by atoms with van der Waals surface area (Å²) in [7, 11) is 0. The number of nitrogen functional groups attached to an aromatic ring is 2. The number of rotatable bonds is 8. The lowest BCUT2D eigenvalue weighted by Gasteiger charge is -2.04. The van der Waals surface area contributed by atoms with Crippen molar-refractivity contribution in [2.75, 3.05) is 11.5 Å². The van der Waals surface area contributed by atoms with E-state index >= 15 is 0 Å². The molecular formula is C22H18N8O6. The number of hydrogen-bond donors (Lipinski definition) is 4. The van der Waals surface area contributed by atoms with E-state index in [0.29, 0.717) is 11.1 Å². The Kier molecular flexibility index (Phi) is 7.61. The topological polar surface area (TPSA) is 221 Å². The lowest BCUT2D eigenvalue weighted by molar-refractivity contribution is -0.385. The van der Waals surface area contributed by atoms with Crippen molar-refractivity contribution in [3.8, 4) is 0 Å². The van der Waals surface area contributed by atoms with Crippen LogP contribution < -0.4 is 22.3 Å². The van der Waals surface area contributed by atoms with Gasteiger partial charge in [-0.1, -0.05) is 24.3 Å². The molecule has 0 aliphatic carbocycles. The fourth-order valence-electron chi connectivity index (χ4n) is 2.94. The molecule has 3 aromatic rings. The number of nitro groups is 2. The molecule has 0 bridgehead atoms. The van der Waals surface area contributed by atoms with Gasteiger partial charge in [-0.15, -0.1) is 0 Å². The Morgan fingerprint density at radius 3 is 1.47 bits per heavy atom. The SMILES string of the molecule is Nc1cc(C(=O)N/N=C\c2ccccc2/C=N/NC(=O)c2cc(N)cc([N+](=O)[O-])c2)cc([N+](=O)[O-])c1. The number of carbonyl (C=O) groups is 2. The van der Waals surface area contributed by atoms with Crippen molar-refractivity contribution in [1.29, 1.82) is 0 Å². The highest BCUT2D eigenvalue weighted by Gasteiger charge is 2.14. The number of amides is 2. The largest absolute Gasteiger partial charge is 0.399 e. The minimum Gasteiger partial charge on any atom is -0.399 e. The van der Waals surface area contributed by atoms with Crippen LogP contribution in [-0.4, -0.2) is 34.1 Å². The summed E-state index contributed by atoms with van der Waals surface area (Å²) in [5, 5.41) is 29.6. The molecule has 0 aliphatic rings. The molecule has 0 radical (unpaired) electrons. The van der Waals surface area contributed by atoms with Gasteiger partial charge >= 0.3 is 0 Å². The molecule has 2 amide bonds. The molecule has 0 aliphatic heterocycles. The van der Waals surface area contributed by atoms with E-state index in [1.807, 2.05) is 0 Å². The third-order valence-corrected chi connectivity index (χ3v) is 4.56. The second-order valence-corrected chi connectivity index (χ2v) is 7.17. The number of carbonyl (C=O) groups excluding carboxylic acids is 2. The first-order valence-electron chi connectivity index (χ1n) is 10.00. The number of hydrogen-bond acceptors (Lipinski definition) is 10. The van der Waals surface area contributed by atoms with Gasteiger partial charge in [0.25, 0.3) is 23.2 Å². The summed E-state index contributed by atoms with van der Waals surface area (Å²) in [6, 6.07) is 13.7. The van der Waals surface area contributed by atoms with Crippen LogP contribution in [0.4, 0.5) is 22.7 Å². The zero-order valence-electron chi connectivity index (χ0n) is 18.3. The Labute approximate surface area is 202 Å². The van der Waals surface area contributed by atoms with E-state index in [2.05, 4.69) is 21.1 Å². The number of nitrogens with zero attached hydrogens (tertiary/aromatic N) is 4. The Balaban J connectivity index is 1.69. The number of anilines is 2. The first-order valence-corrected chi connectivity index (χ1v) is 10.00. The Morgan fingerprint density at radius 1 is 0.722 bits per heavy atom. The third-order valence-electron chi connectivity index (χ3n) is 4.56. The molecule has 0 unspecified atom stereocenters. The molecule has 0 fully saturated rings. The second-order valence-electron chi connectivity index (χ2n) is 7.17. The van der Waals surface area contributed by atoms with Crippen LogP contribution in [-0.2, 0) is 0 Å². The lowest BCUT2D eigenvalue weighted by Crippen LogP contribution is -2.18. The molecule has 0 heterocycles. The van der Waals surface area contributed by atoms with E-state index in [9.17, 15) is 29.8 Å². The summed E-state index contributed by atoms with van der Waals surface area (Å²) in [6.07, 6.45) is 2.62. The number of nitrogens with two attached hydrogens (primary N) is 2. The predicted molar refractivity (Wildman–Crippen MR) is 132 cm³/mol. The van der Waals surface area contributed by atoms with Crippen LogP contribution in [0.25, 0.3) is 0 Å². The van der Waals surface area contributed by atoms with Crippen LogP contribution in [0.1, 0.15) is 31.8 Å². The highest BCUT2D eigenvalue weighted by Crippen LogP contribution is 2.19. The highest BCUT2D eigenvalue weighted by molar-refractivity contribution is 5.99. The van der Waals surface area contributed by atoms with Gasteiger partial charge in [-0.25, -0.2) is 10.9 Å². The molecule has 0 aromatic heterocycles. The van der Waals surface area contributed by atoms with Crippen molar-refractivity contribution in [2.24, 2.45) is 10.2 Å². The summed E-state index contributed by atoms with van der Waals surface area (Å²) >= 11 is 0. The number of nitro benzene ring substituents is 2. The zero-order valence-corrected chi connectivity index (χ0v) is 18.3. The summed E-state index contributed by atoms with van der Waals surface area (Å²) in [6.45, 7) is 0. The molecule has 0 saturated carbocycles. The molecule has 14 nitrogen and oxygen atoms in total. The van der Waals surface area contributed by atoms with E-state index in [1.165, 1.54) is 24.6 Å². The summed E-state index contributed by atoms with van der Waals surface area (Å²) < 4.78 is 0. The van der Waals surface area contributed by atoms with Crippen LogP contribution in [0.2, 0.25) is 0 Å². The molecule has 36 heavy (non-hydrogen) atoms. The predicted octanol–water partition coefficient (Wildman–Crippen LogP) is 2.20. The van der Waals surface area contributed by atoms with E-state index < -0.39 is 21.7 Å². The molecule has 6 N–H and O–H groups in total. The number of hydrazone groups is 2. The molecule has 0 atom stereocenters. The van der Waals surface area contributed by atoms with Gasteiger partial charge in [-0.2, -0.15) is 10.2 Å². The molecule has 14 heteroatoms. The van der Waals surface area contributed by atoms with Crippen LogP contribution in [0.3, 0.4) is 0 Å².